The van der Waals surface area contributed by atoms with E-state index in [4.69, 9.17) is 0 Å². The number of benzene rings is 2. The van der Waals surface area contributed by atoms with Crippen molar-refractivity contribution in [2.24, 2.45) is 0 Å². The molecule has 0 bridgehead atoms. The van der Waals surface area contributed by atoms with Crippen molar-refractivity contribution in [3.63, 3.8) is 0 Å². The van der Waals surface area contributed by atoms with Gasteiger partial charge in [0.25, 0.3) is 0 Å². The lowest BCUT2D eigenvalue weighted by atomic mass is 10.2. The minimum absolute atomic E-state index is 0.0968. The molecule has 0 unspecified atom stereocenters. The Morgan fingerprint density at radius 3 is 2.73 bits per heavy atom. The van der Waals surface area contributed by atoms with Crippen LogP contribution in [-0.4, -0.2) is 34.1 Å². The summed E-state index contributed by atoms with van der Waals surface area (Å²) in [6.07, 6.45) is 1.51. The number of fused-ring (bicyclic) bond motifs is 1. The number of anilines is 2. The number of hydrogen-bond acceptors (Lipinski definition) is 4. The number of para-hydroxylation sites is 2. The van der Waals surface area contributed by atoms with Crippen LogP contribution in [0.4, 0.5) is 11.4 Å². The van der Waals surface area contributed by atoms with E-state index in [2.05, 4.69) is 15.3 Å². The van der Waals surface area contributed by atoms with Crippen LogP contribution >= 0.6 is 11.8 Å². The van der Waals surface area contributed by atoms with Crippen LogP contribution in [-0.2, 0) is 9.59 Å². The van der Waals surface area contributed by atoms with Crippen molar-refractivity contribution in [2.45, 2.75) is 18.0 Å². The number of hydrogen-bond donors (Lipinski definition) is 2. The minimum Gasteiger partial charge on any atom is -0.333 e. The van der Waals surface area contributed by atoms with Gasteiger partial charge in [-0.2, -0.15) is 0 Å². The number of thioether (sulfide) groups is 1. The zero-order chi connectivity index (χ0) is 17.9. The van der Waals surface area contributed by atoms with Gasteiger partial charge in [0.1, 0.15) is 0 Å². The second kappa shape index (κ2) is 7.21. The molecule has 1 aliphatic heterocycles. The van der Waals surface area contributed by atoms with Crippen molar-refractivity contribution in [2.75, 3.05) is 22.5 Å². The van der Waals surface area contributed by atoms with E-state index in [9.17, 15) is 9.59 Å². The van der Waals surface area contributed by atoms with E-state index in [-0.39, 0.29) is 17.6 Å². The molecule has 0 aliphatic carbocycles. The Morgan fingerprint density at radius 2 is 2.00 bits per heavy atom. The number of nitrogens with zero attached hydrogens (tertiary/aromatic N) is 2. The van der Waals surface area contributed by atoms with E-state index in [0.29, 0.717) is 6.42 Å². The maximum absolute atomic E-state index is 12.2. The number of aromatic amines is 1. The van der Waals surface area contributed by atoms with Gasteiger partial charge in [-0.1, -0.05) is 23.9 Å². The molecule has 0 radical (unpaired) electrons. The fourth-order valence-electron chi connectivity index (χ4n) is 2.97. The Kier molecular flexibility index (Phi) is 4.62. The Bertz CT molecular complexity index is 919. The number of carbonyl (C=O) groups excluding carboxylic acids is 2. The summed E-state index contributed by atoms with van der Waals surface area (Å²) in [7, 11) is 0. The summed E-state index contributed by atoms with van der Waals surface area (Å²) >= 11 is 1.37. The minimum atomic E-state index is -0.0968. The molecule has 2 heterocycles. The first kappa shape index (κ1) is 16.7. The van der Waals surface area contributed by atoms with Crippen LogP contribution in [0, 0.1) is 0 Å². The highest BCUT2D eigenvalue weighted by Crippen LogP contribution is 2.23. The summed E-state index contributed by atoms with van der Waals surface area (Å²) in [4.78, 5) is 33.3. The first-order valence-electron chi connectivity index (χ1n) is 8.47. The van der Waals surface area contributed by atoms with Gasteiger partial charge in [-0.05, 0) is 42.8 Å². The Balaban J connectivity index is 1.33. The van der Waals surface area contributed by atoms with Gasteiger partial charge in [0.15, 0.2) is 5.16 Å². The second-order valence-electron chi connectivity index (χ2n) is 6.09. The van der Waals surface area contributed by atoms with Crippen LogP contribution in [0.3, 0.4) is 0 Å². The summed E-state index contributed by atoms with van der Waals surface area (Å²) in [5.74, 6) is 0.330. The van der Waals surface area contributed by atoms with Gasteiger partial charge in [0.2, 0.25) is 11.8 Å². The predicted octanol–water partition coefficient (Wildman–Crippen LogP) is 3.42. The van der Waals surface area contributed by atoms with Crippen molar-refractivity contribution in [1.82, 2.24) is 9.97 Å². The number of H-pyrrole nitrogens is 1. The molecule has 0 atom stereocenters. The van der Waals surface area contributed by atoms with Gasteiger partial charge in [-0.25, -0.2) is 4.98 Å². The normalized spacial score (nSPS) is 14.2. The summed E-state index contributed by atoms with van der Waals surface area (Å²) in [5, 5.41) is 3.60. The van der Waals surface area contributed by atoms with Crippen LogP contribution < -0.4 is 10.2 Å². The first-order chi connectivity index (χ1) is 12.7. The van der Waals surface area contributed by atoms with Crippen molar-refractivity contribution in [1.29, 1.82) is 0 Å². The zero-order valence-electron chi connectivity index (χ0n) is 14.1. The van der Waals surface area contributed by atoms with E-state index in [1.165, 1.54) is 11.8 Å². The van der Waals surface area contributed by atoms with E-state index in [0.717, 1.165) is 40.5 Å². The number of carbonyl (C=O) groups is 2. The van der Waals surface area contributed by atoms with Crippen LogP contribution in [0.2, 0.25) is 0 Å². The molecule has 1 fully saturated rings. The van der Waals surface area contributed by atoms with Gasteiger partial charge >= 0.3 is 0 Å². The highest BCUT2D eigenvalue weighted by Gasteiger charge is 2.21. The maximum atomic E-state index is 12.2. The molecule has 1 saturated heterocycles. The lowest BCUT2D eigenvalue weighted by Gasteiger charge is -2.16. The molecule has 0 saturated carbocycles. The number of nitrogens with one attached hydrogen (secondary N) is 2. The van der Waals surface area contributed by atoms with Crippen molar-refractivity contribution in [3.05, 3.63) is 48.5 Å². The lowest BCUT2D eigenvalue weighted by molar-refractivity contribution is -0.117. The molecule has 3 aromatic rings. The summed E-state index contributed by atoms with van der Waals surface area (Å²) in [6, 6.07) is 15.2. The number of aromatic nitrogens is 2. The lowest BCUT2D eigenvalue weighted by Crippen LogP contribution is -2.23. The van der Waals surface area contributed by atoms with E-state index < -0.39 is 0 Å². The third-order valence-electron chi connectivity index (χ3n) is 4.24. The average molecular weight is 366 g/mol. The van der Waals surface area contributed by atoms with Crippen LogP contribution in [0.15, 0.2) is 53.7 Å². The van der Waals surface area contributed by atoms with E-state index in [1.54, 1.807) is 4.90 Å². The smallest absolute Gasteiger partial charge is 0.234 e. The Hall–Kier alpha value is -2.80. The topological polar surface area (TPSA) is 78.1 Å². The SMILES string of the molecule is O=C(CSc1nc2ccccc2[nH]1)Nc1ccc(N2CCCC2=O)cc1. The largest absolute Gasteiger partial charge is 0.333 e. The molecular weight excluding hydrogens is 348 g/mol. The van der Waals surface area contributed by atoms with Crippen molar-refractivity contribution in [3.8, 4) is 0 Å². The Labute approximate surface area is 155 Å². The molecule has 0 spiro atoms. The third kappa shape index (κ3) is 3.57. The molecule has 1 aromatic heterocycles. The summed E-state index contributed by atoms with van der Waals surface area (Å²) in [5.41, 5.74) is 3.45. The molecule has 132 valence electrons. The fraction of sp³-hybridized carbons (Fsp3) is 0.211. The molecule has 4 rings (SSSR count). The average Bonchev–Trinajstić information content (AvgIpc) is 3.26. The van der Waals surface area contributed by atoms with Gasteiger partial charge in [0, 0.05) is 24.3 Å². The maximum Gasteiger partial charge on any atom is 0.234 e. The molecule has 26 heavy (non-hydrogen) atoms. The van der Waals surface area contributed by atoms with Crippen molar-refractivity contribution >= 4 is 46.0 Å². The standard InChI is InChI=1S/C19H18N4O2S/c24-17(12-26-19-21-15-4-1-2-5-16(15)22-19)20-13-7-9-14(10-8-13)23-11-3-6-18(23)25/h1-2,4-5,7-10H,3,6,11-12H2,(H,20,24)(H,21,22). The van der Waals surface area contributed by atoms with Gasteiger partial charge < -0.3 is 15.2 Å². The zero-order valence-corrected chi connectivity index (χ0v) is 14.9. The molecule has 6 nitrogen and oxygen atoms in total. The first-order valence-corrected chi connectivity index (χ1v) is 9.45. The van der Waals surface area contributed by atoms with E-state index in [1.807, 2.05) is 48.5 Å². The molecule has 7 heteroatoms. The Morgan fingerprint density at radius 1 is 1.19 bits per heavy atom. The molecule has 2 amide bonds. The molecule has 2 aromatic carbocycles. The van der Waals surface area contributed by atoms with Crippen LogP contribution in [0.1, 0.15) is 12.8 Å². The highest BCUT2D eigenvalue weighted by atomic mass is 32.2. The molecular formula is C19H18N4O2S. The van der Waals surface area contributed by atoms with Crippen molar-refractivity contribution < 1.29 is 9.59 Å². The third-order valence-corrected chi connectivity index (χ3v) is 5.12. The van der Waals surface area contributed by atoms with Gasteiger partial charge in [0.05, 0.1) is 16.8 Å². The van der Waals surface area contributed by atoms with E-state index >= 15 is 0 Å². The predicted molar refractivity (Wildman–Crippen MR) is 103 cm³/mol. The van der Waals surface area contributed by atoms with Crippen LogP contribution in [0.25, 0.3) is 11.0 Å². The van der Waals surface area contributed by atoms with Crippen LogP contribution in [0.5, 0.6) is 0 Å². The molecule has 1 aliphatic rings. The number of rotatable bonds is 5. The fourth-order valence-corrected chi connectivity index (χ4v) is 3.66. The highest BCUT2D eigenvalue weighted by molar-refractivity contribution is 7.99. The number of amides is 2. The molecule has 2 N–H and O–H groups in total. The quantitative estimate of drug-likeness (QED) is 0.678. The number of imidazole rings is 1. The van der Waals surface area contributed by atoms with Gasteiger partial charge in [-0.3, -0.25) is 9.59 Å². The summed E-state index contributed by atoms with van der Waals surface area (Å²) in [6.45, 7) is 0.763. The second-order valence-corrected chi connectivity index (χ2v) is 7.06. The van der Waals surface area contributed by atoms with Gasteiger partial charge in [-0.15, -0.1) is 0 Å². The summed E-state index contributed by atoms with van der Waals surface area (Å²) < 4.78 is 0. The monoisotopic (exact) mass is 366 g/mol.